The molecule has 6 heteroatoms. The maximum absolute atomic E-state index is 12.3. The molecular weight excluding hydrogens is 358 g/mol. The van der Waals surface area contributed by atoms with E-state index in [0.29, 0.717) is 23.7 Å². The van der Waals surface area contributed by atoms with Crippen LogP contribution < -0.4 is 9.47 Å². The maximum atomic E-state index is 12.3. The third-order valence-electron chi connectivity index (χ3n) is 3.71. The van der Waals surface area contributed by atoms with Crippen molar-refractivity contribution >= 4 is 18.0 Å². The molecule has 0 N–H and O–H groups in total. The molecule has 2 aromatic rings. The van der Waals surface area contributed by atoms with Gasteiger partial charge in [0.05, 0.1) is 24.7 Å². The van der Waals surface area contributed by atoms with E-state index in [1.54, 1.807) is 48.5 Å². The zero-order valence-electron chi connectivity index (χ0n) is 15.8. The van der Waals surface area contributed by atoms with Gasteiger partial charge in [0.1, 0.15) is 18.1 Å². The molecule has 0 aliphatic rings. The summed E-state index contributed by atoms with van der Waals surface area (Å²) in [6.07, 6.45) is 3.07. The molecule has 0 aliphatic carbocycles. The van der Waals surface area contributed by atoms with Gasteiger partial charge >= 0.3 is 11.9 Å². The molecule has 28 heavy (non-hydrogen) atoms. The summed E-state index contributed by atoms with van der Waals surface area (Å²) in [6.45, 7) is 4.36. The summed E-state index contributed by atoms with van der Waals surface area (Å²) in [5.74, 6) is 0.120. The van der Waals surface area contributed by atoms with Crippen LogP contribution in [0.2, 0.25) is 0 Å². The number of carbonyl (C=O) groups excluding carboxylic acids is 2. The van der Waals surface area contributed by atoms with Gasteiger partial charge in [0.2, 0.25) is 0 Å². The molecule has 0 atom stereocenters. The Balaban J connectivity index is 1.98. The Labute approximate surface area is 164 Å². The Morgan fingerprint density at radius 1 is 1.11 bits per heavy atom. The number of aryl methyl sites for hydroxylation is 1. The van der Waals surface area contributed by atoms with Crippen molar-refractivity contribution in [3.05, 3.63) is 65.2 Å². The van der Waals surface area contributed by atoms with Gasteiger partial charge in [-0.1, -0.05) is 6.07 Å². The largest absolute Gasteiger partial charge is 0.494 e. The van der Waals surface area contributed by atoms with Gasteiger partial charge in [0.25, 0.3) is 0 Å². The van der Waals surface area contributed by atoms with Gasteiger partial charge < -0.3 is 14.2 Å². The van der Waals surface area contributed by atoms with Gasteiger partial charge in [0.15, 0.2) is 0 Å². The fourth-order valence-corrected chi connectivity index (χ4v) is 2.32. The summed E-state index contributed by atoms with van der Waals surface area (Å²) in [5, 5.41) is 8.42. The van der Waals surface area contributed by atoms with Gasteiger partial charge in [-0.2, -0.15) is 5.26 Å². The fraction of sp³-hybridized carbons (Fsp3) is 0.227. The van der Waals surface area contributed by atoms with E-state index in [4.69, 9.17) is 19.5 Å². The summed E-state index contributed by atoms with van der Waals surface area (Å²) < 4.78 is 15.6. The van der Waals surface area contributed by atoms with Crippen LogP contribution in [0.5, 0.6) is 11.5 Å². The van der Waals surface area contributed by atoms with Crippen molar-refractivity contribution in [2.24, 2.45) is 0 Å². The Morgan fingerprint density at radius 2 is 1.82 bits per heavy atom. The highest BCUT2D eigenvalue weighted by molar-refractivity contribution is 5.91. The molecule has 0 heterocycles. The van der Waals surface area contributed by atoms with Crippen molar-refractivity contribution in [2.45, 2.75) is 20.3 Å². The molecule has 0 bridgehead atoms. The number of carbonyl (C=O) groups is 2. The molecule has 6 nitrogen and oxygen atoms in total. The number of nitriles is 1. The third kappa shape index (κ3) is 6.29. The predicted molar refractivity (Wildman–Crippen MR) is 104 cm³/mol. The lowest BCUT2D eigenvalue weighted by atomic mass is 10.1. The quantitative estimate of drug-likeness (QED) is 0.297. The van der Waals surface area contributed by atoms with Crippen molar-refractivity contribution < 1.29 is 23.8 Å². The number of benzene rings is 2. The number of nitrogens with zero attached hydrogens (tertiary/aromatic N) is 1. The standard InChI is InChI=1S/C22H21NO5/c1-3-26-19-9-6-18(7-10-19)22(25)28-20-11-5-17(16(2)15-20)8-12-21(24)27-14-4-13-23/h5-12,15H,3-4,14H2,1-2H3/b12-8+. The van der Waals surface area contributed by atoms with Gasteiger partial charge in [-0.05, 0) is 67.4 Å². The van der Waals surface area contributed by atoms with Gasteiger partial charge in [-0.3, -0.25) is 0 Å². The molecule has 2 aromatic carbocycles. The monoisotopic (exact) mass is 379 g/mol. The average molecular weight is 379 g/mol. The summed E-state index contributed by atoms with van der Waals surface area (Å²) in [4.78, 5) is 23.8. The molecule has 0 unspecified atom stereocenters. The first-order chi connectivity index (χ1) is 13.5. The van der Waals surface area contributed by atoms with E-state index in [1.807, 2.05) is 19.9 Å². The Bertz CT molecular complexity index is 894. The number of rotatable bonds is 8. The average Bonchev–Trinajstić information content (AvgIpc) is 2.68. The molecule has 2 rings (SSSR count). The normalized spacial score (nSPS) is 10.3. The smallest absolute Gasteiger partial charge is 0.343 e. The lowest BCUT2D eigenvalue weighted by Gasteiger charge is -2.08. The Morgan fingerprint density at radius 3 is 2.46 bits per heavy atom. The molecule has 0 spiro atoms. The van der Waals surface area contributed by atoms with Crippen LogP contribution in [0.25, 0.3) is 6.08 Å². The minimum atomic E-state index is -0.513. The number of hydrogen-bond acceptors (Lipinski definition) is 6. The van der Waals surface area contributed by atoms with Gasteiger partial charge in [-0.25, -0.2) is 9.59 Å². The van der Waals surface area contributed by atoms with Crippen LogP contribution in [-0.2, 0) is 9.53 Å². The molecule has 0 saturated carbocycles. The van der Waals surface area contributed by atoms with Crippen molar-refractivity contribution in [1.29, 1.82) is 5.26 Å². The second-order valence-electron chi connectivity index (χ2n) is 5.77. The lowest BCUT2D eigenvalue weighted by molar-refractivity contribution is -0.137. The fourth-order valence-electron chi connectivity index (χ4n) is 2.32. The summed E-state index contributed by atoms with van der Waals surface area (Å²) in [6, 6.07) is 13.7. The Kier molecular flexibility index (Phi) is 7.79. The predicted octanol–water partition coefficient (Wildman–Crippen LogP) is 4.08. The Hall–Kier alpha value is -3.59. The first-order valence-electron chi connectivity index (χ1n) is 8.81. The van der Waals surface area contributed by atoms with Crippen LogP contribution in [-0.4, -0.2) is 25.2 Å². The topological polar surface area (TPSA) is 85.6 Å². The van der Waals surface area contributed by atoms with Crippen LogP contribution in [0.3, 0.4) is 0 Å². The van der Waals surface area contributed by atoms with E-state index in [-0.39, 0.29) is 13.0 Å². The van der Waals surface area contributed by atoms with E-state index >= 15 is 0 Å². The molecule has 0 fully saturated rings. The van der Waals surface area contributed by atoms with Crippen LogP contribution >= 0.6 is 0 Å². The number of ether oxygens (including phenoxy) is 3. The van der Waals surface area contributed by atoms with E-state index in [1.165, 1.54) is 6.08 Å². The van der Waals surface area contributed by atoms with Crippen molar-refractivity contribution in [3.8, 4) is 17.6 Å². The van der Waals surface area contributed by atoms with E-state index in [9.17, 15) is 9.59 Å². The third-order valence-corrected chi connectivity index (χ3v) is 3.71. The van der Waals surface area contributed by atoms with E-state index < -0.39 is 11.9 Å². The summed E-state index contributed by atoms with van der Waals surface area (Å²) in [7, 11) is 0. The highest BCUT2D eigenvalue weighted by atomic mass is 16.5. The minimum absolute atomic E-state index is 0.0685. The number of esters is 2. The molecule has 0 radical (unpaired) electrons. The van der Waals surface area contributed by atoms with Crippen molar-refractivity contribution in [1.82, 2.24) is 0 Å². The number of hydrogen-bond donors (Lipinski definition) is 0. The molecule has 144 valence electrons. The van der Waals surface area contributed by atoms with Crippen LogP contribution in [0.15, 0.2) is 48.5 Å². The SMILES string of the molecule is CCOc1ccc(C(=O)Oc2ccc(/C=C/C(=O)OCCC#N)c(C)c2)cc1. The lowest BCUT2D eigenvalue weighted by Crippen LogP contribution is -2.08. The van der Waals surface area contributed by atoms with Crippen LogP contribution in [0.4, 0.5) is 0 Å². The van der Waals surface area contributed by atoms with E-state index in [2.05, 4.69) is 0 Å². The molecule has 0 aromatic heterocycles. The molecule has 0 saturated heterocycles. The first-order valence-corrected chi connectivity index (χ1v) is 8.81. The van der Waals surface area contributed by atoms with Crippen LogP contribution in [0.1, 0.15) is 34.8 Å². The van der Waals surface area contributed by atoms with Gasteiger partial charge in [0, 0.05) is 6.08 Å². The van der Waals surface area contributed by atoms with E-state index in [0.717, 1.165) is 11.1 Å². The zero-order valence-corrected chi connectivity index (χ0v) is 15.8. The van der Waals surface area contributed by atoms with Crippen LogP contribution in [0, 0.1) is 18.3 Å². The zero-order chi connectivity index (χ0) is 20.4. The first kappa shape index (κ1) is 20.7. The van der Waals surface area contributed by atoms with Gasteiger partial charge in [-0.15, -0.1) is 0 Å². The summed E-state index contributed by atoms with van der Waals surface area (Å²) >= 11 is 0. The minimum Gasteiger partial charge on any atom is -0.494 e. The second-order valence-corrected chi connectivity index (χ2v) is 5.77. The van der Waals surface area contributed by atoms with Crippen molar-refractivity contribution in [3.63, 3.8) is 0 Å². The highest BCUT2D eigenvalue weighted by Crippen LogP contribution is 2.20. The highest BCUT2D eigenvalue weighted by Gasteiger charge is 2.10. The molecule has 0 aliphatic heterocycles. The maximum Gasteiger partial charge on any atom is 0.343 e. The summed E-state index contributed by atoms with van der Waals surface area (Å²) in [5.41, 5.74) is 2.04. The van der Waals surface area contributed by atoms with Crippen molar-refractivity contribution in [2.75, 3.05) is 13.2 Å². The molecule has 0 amide bonds. The molecular formula is C22H21NO5. The second kappa shape index (κ2) is 10.5.